The van der Waals surface area contributed by atoms with Crippen molar-refractivity contribution in [2.45, 2.75) is 38.6 Å². The van der Waals surface area contributed by atoms with Gasteiger partial charge in [-0.15, -0.1) is 0 Å². The van der Waals surface area contributed by atoms with Crippen LogP contribution in [0.3, 0.4) is 0 Å². The van der Waals surface area contributed by atoms with Gasteiger partial charge in [0, 0.05) is 12.6 Å². The van der Waals surface area contributed by atoms with Crippen LogP contribution in [0.5, 0.6) is 11.5 Å². The number of benzene rings is 4. The van der Waals surface area contributed by atoms with Crippen LogP contribution in [0.4, 0.5) is 5.69 Å². The summed E-state index contributed by atoms with van der Waals surface area (Å²) >= 11 is 0. The lowest BCUT2D eigenvalue weighted by Gasteiger charge is -2.36. The Hall–Kier alpha value is -3.80. The molecule has 4 rings (SSSR count). The van der Waals surface area contributed by atoms with Gasteiger partial charge in [-0.25, -0.2) is 0 Å². The normalized spacial score (nSPS) is 12.8. The summed E-state index contributed by atoms with van der Waals surface area (Å²) in [4.78, 5) is 2.35. The van der Waals surface area contributed by atoms with E-state index in [2.05, 4.69) is 36.1 Å². The largest absolute Gasteiger partial charge is 0.497 e. The second kappa shape index (κ2) is 12.9. The summed E-state index contributed by atoms with van der Waals surface area (Å²) in [6.45, 7) is 3.34. The fraction of sp³-hybridized carbons (Fsp3) is 0.250. The van der Waals surface area contributed by atoms with Gasteiger partial charge in [0.2, 0.25) is 0 Å². The van der Waals surface area contributed by atoms with E-state index >= 15 is 0 Å². The highest BCUT2D eigenvalue weighted by Gasteiger charge is 2.26. The number of hydrogen-bond acceptors (Lipinski definition) is 5. The van der Waals surface area contributed by atoms with Gasteiger partial charge in [0.05, 0.1) is 25.4 Å². The molecule has 4 aromatic rings. The molecule has 0 spiro atoms. The average Bonchev–Trinajstić information content (AvgIpc) is 2.94. The summed E-state index contributed by atoms with van der Waals surface area (Å²) in [5.74, 6) is 1.49. The molecular weight excluding hydrogens is 460 g/mol. The lowest BCUT2D eigenvalue weighted by Crippen LogP contribution is -2.39. The summed E-state index contributed by atoms with van der Waals surface area (Å²) in [6.07, 6.45) is 0.834. The van der Waals surface area contributed by atoms with Crippen molar-refractivity contribution in [3.8, 4) is 11.5 Å². The maximum Gasteiger partial charge on any atom is 0.142 e. The van der Waals surface area contributed by atoms with Crippen LogP contribution >= 0.6 is 0 Å². The van der Waals surface area contributed by atoms with Crippen LogP contribution in [0, 0.1) is 0 Å². The summed E-state index contributed by atoms with van der Waals surface area (Å²) < 4.78 is 11.3. The molecule has 0 heterocycles. The number of rotatable bonds is 12. The van der Waals surface area contributed by atoms with E-state index in [1.54, 1.807) is 7.11 Å². The van der Waals surface area contributed by atoms with Crippen molar-refractivity contribution in [3.05, 3.63) is 125 Å². The van der Waals surface area contributed by atoms with Gasteiger partial charge in [-0.1, -0.05) is 78.9 Å². The zero-order valence-electron chi connectivity index (χ0n) is 21.6. The van der Waals surface area contributed by atoms with Crippen LogP contribution in [-0.2, 0) is 19.6 Å². The Balaban J connectivity index is 1.56. The van der Waals surface area contributed by atoms with E-state index in [1.807, 2.05) is 78.9 Å². The zero-order chi connectivity index (χ0) is 26.0. The third kappa shape index (κ3) is 7.13. The van der Waals surface area contributed by atoms with E-state index < -0.39 is 0 Å². The van der Waals surface area contributed by atoms with Crippen molar-refractivity contribution >= 4 is 5.69 Å². The van der Waals surface area contributed by atoms with Crippen LogP contribution in [0.25, 0.3) is 0 Å². The molecule has 0 saturated heterocycles. The maximum absolute atomic E-state index is 10.6. The van der Waals surface area contributed by atoms with Gasteiger partial charge >= 0.3 is 0 Å². The van der Waals surface area contributed by atoms with E-state index in [9.17, 15) is 5.11 Å². The SMILES string of the molecule is COc1ccc(CC(C)N(Cc2ccccc2)C(CO)c2ccc(OCc3ccccc3)c(N)c2)cc1. The molecule has 0 amide bonds. The monoisotopic (exact) mass is 496 g/mol. The number of nitrogen functional groups attached to an aromatic ring is 1. The molecule has 37 heavy (non-hydrogen) atoms. The van der Waals surface area contributed by atoms with Crippen molar-refractivity contribution < 1.29 is 14.6 Å². The summed E-state index contributed by atoms with van der Waals surface area (Å²) in [6, 6.07) is 34.3. The molecule has 0 radical (unpaired) electrons. The Morgan fingerprint density at radius 1 is 0.811 bits per heavy atom. The number of nitrogens with zero attached hydrogens (tertiary/aromatic N) is 1. The standard InChI is InChI=1S/C32H36N2O3/c1-24(19-25-13-16-29(36-2)17-14-25)34(21-26-9-5-3-6-10-26)31(22-35)28-15-18-32(30(33)20-28)37-23-27-11-7-4-8-12-27/h3-18,20,24,31,35H,19,21-23,33H2,1-2H3. The van der Waals surface area contributed by atoms with Crippen molar-refractivity contribution in [1.82, 2.24) is 4.90 Å². The average molecular weight is 497 g/mol. The lowest BCUT2D eigenvalue weighted by molar-refractivity contribution is 0.0812. The van der Waals surface area contributed by atoms with Gasteiger partial charge < -0.3 is 20.3 Å². The van der Waals surface area contributed by atoms with E-state index in [4.69, 9.17) is 15.2 Å². The Bertz CT molecular complexity index is 1230. The first kappa shape index (κ1) is 26.3. The van der Waals surface area contributed by atoms with Crippen molar-refractivity contribution in [2.24, 2.45) is 0 Å². The van der Waals surface area contributed by atoms with E-state index in [0.29, 0.717) is 24.6 Å². The molecule has 0 saturated carbocycles. The van der Waals surface area contributed by atoms with Gasteiger partial charge in [-0.2, -0.15) is 0 Å². The number of hydrogen-bond donors (Lipinski definition) is 2. The minimum absolute atomic E-state index is 0.0244. The maximum atomic E-state index is 10.6. The molecule has 0 fully saturated rings. The minimum atomic E-state index is -0.223. The molecule has 0 aromatic heterocycles. The second-order valence-corrected chi connectivity index (χ2v) is 9.33. The number of aliphatic hydroxyl groups excluding tert-OH is 1. The Morgan fingerprint density at radius 2 is 1.46 bits per heavy atom. The summed E-state index contributed by atoms with van der Waals surface area (Å²) in [7, 11) is 1.68. The smallest absolute Gasteiger partial charge is 0.142 e. The first-order valence-corrected chi connectivity index (χ1v) is 12.7. The number of anilines is 1. The Labute approximate surface area is 220 Å². The van der Waals surface area contributed by atoms with Crippen LogP contribution in [0.1, 0.15) is 35.2 Å². The first-order chi connectivity index (χ1) is 18.1. The predicted molar refractivity (Wildman–Crippen MR) is 150 cm³/mol. The molecular formula is C32H36N2O3. The molecule has 5 heteroatoms. The molecule has 4 aromatic carbocycles. The van der Waals surface area contributed by atoms with Crippen molar-refractivity contribution in [1.29, 1.82) is 0 Å². The third-order valence-electron chi connectivity index (χ3n) is 6.69. The summed E-state index contributed by atoms with van der Waals surface area (Å²) in [5, 5.41) is 10.6. The zero-order valence-corrected chi connectivity index (χ0v) is 21.6. The molecule has 2 unspecified atom stereocenters. The van der Waals surface area contributed by atoms with E-state index in [1.165, 1.54) is 11.1 Å². The Morgan fingerprint density at radius 3 is 2.05 bits per heavy atom. The molecule has 192 valence electrons. The van der Waals surface area contributed by atoms with Crippen LogP contribution in [-0.4, -0.2) is 29.8 Å². The molecule has 5 nitrogen and oxygen atoms in total. The number of ether oxygens (including phenoxy) is 2. The van der Waals surface area contributed by atoms with Crippen LogP contribution in [0.15, 0.2) is 103 Å². The van der Waals surface area contributed by atoms with Crippen LogP contribution < -0.4 is 15.2 Å². The molecule has 0 bridgehead atoms. The fourth-order valence-corrected chi connectivity index (χ4v) is 4.63. The number of aliphatic hydroxyl groups is 1. The highest BCUT2D eigenvalue weighted by molar-refractivity contribution is 5.55. The molecule has 0 aliphatic heterocycles. The number of methoxy groups -OCH3 is 1. The molecule has 0 aliphatic carbocycles. The van der Waals surface area contributed by atoms with Gasteiger partial charge in [0.15, 0.2) is 0 Å². The molecule has 2 atom stereocenters. The minimum Gasteiger partial charge on any atom is -0.497 e. The van der Waals surface area contributed by atoms with Crippen molar-refractivity contribution in [3.63, 3.8) is 0 Å². The second-order valence-electron chi connectivity index (χ2n) is 9.33. The van der Waals surface area contributed by atoms with Crippen molar-refractivity contribution in [2.75, 3.05) is 19.5 Å². The van der Waals surface area contributed by atoms with Gasteiger partial charge in [-0.05, 0) is 59.9 Å². The highest BCUT2D eigenvalue weighted by atomic mass is 16.5. The molecule has 0 aliphatic rings. The van der Waals surface area contributed by atoms with E-state index in [-0.39, 0.29) is 18.7 Å². The molecule has 3 N–H and O–H groups in total. The van der Waals surface area contributed by atoms with Crippen LogP contribution in [0.2, 0.25) is 0 Å². The fourth-order valence-electron chi connectivity index (χ4n) is 4.63. The quantitative estimate of drug-likeness (QED) is 0.235. The topological polar surface area (TPSA) is 68.0 Å². The van der Waals surface area contributed by atoms with E-state index in [0.717, 1.165) is 23.3 Å². The van der Waals surface area contributed by atoms with Gasteiger partial charge in [0.1, 0.15) is 18.1 Å². The Kier molecular flexibility index (Phi) is 9.19. The first-order valence-electron chi connectivity index (χ1n) is 12.7. The highest BCUT2D eigenvalue weighted by Crippen LogP contribution is 2.32. The summed E-state index contributed by atoms with van der Waals surface area (Å²) in [5.41, 5.74) is 11.4. The van der Waals surface area contributed by atoms with Gasteiger partial charge in [-0.3, -0.25) is 4.90 Å². The lowest BCUT2D eigenvalue weighted by atomic mass is 9.98. The predicted octanol–water partition coefficient (Wildman–Crippen LogP) is 6.02. The van der Waals surface area contributed by atoms with Gasteiger partial charge in [0.25, 0.3) is 0 Å². The third-order valence-corrected chi connectivity index (χ3v) is 6.69. The number of nitrogens with two attached hydrogens (primary N) is 1.